The van der Waals surface area contributed by atoms with Gasteiger partial charge < -0.3 is 9.84 Å². The van der Waals surface area contributed by atoms with Gasteiger partial charge in [0, 0.05) is 23.6 Å². The molecule has 2 aromatic heterocycles. The fourth-order valence-electron chi connectivity index (χ4n) is 5.73. The van der Waals surface area contributed by atoms with Gasteiger partial charge in [-0.25, -0.2) is 4.98 Å². The van der Waals surface area contributed by atoms with E-state index in [1.165, 1.54) is 5.56 Å². The largest absolute Gasteiger partial charge is 0.493 e. The quantitative estimate of drug-likeness (QED) is 0.244. The molecule has 1 N–H and O–H groups in total. The van der Waals surface area contributed by atoms with E-state index in [1.807, 2.05) is 37.0 Å². The molecule has 0 amide bonds. The predicted molar refractivity (Wildman–Crippen MR) is 160 cm³/mol. The Morgan fingerprint density at radius 1 is 1.02 bits per heavy atom. The van der Waals surface area contributed by atoms with Crippen LogP contribution >= 0.6 is 11.3 Å². The molecule has 7 heteroatoms. The second-order valence-corrected chi connectivity index (χ2v) is 11.4. The van der Waals surface area contributed by atoms with Crippen molar-refractivity contribution in [1.29, 1.82) is 0 Å². The summed E-state index contributed by atoms with van der Waals surface area (Å²) in [7, 11) is 1.95. The minimum atomic E-state index is -0.840. The highest BCUT2D eigenvalue weighted by Crippen LogP contribution is 2.42. The van der Waals surface area contributed by atoms with Crippen molar-refractivity contribution in [1.82, 2.24) is 14.8 Å². The molecule has 40 heavy (non-hydrogen) atoms. The maximum Gasteiger partial charge on any atom is 0.307 e. The maximum atomic E-state index is 11.9. The van der Waals surface area contributed by atoms with Crippen molar-refractivity contribution in [3.8, 4) is 38.6 Å². The average molecular weight is 546 g/mol. The molecule has 198 valence electrons. The Morgan fingerprint density at radius 3 is 2.73 bits per heavy atom. The number of thiazole rings is 1. The zero-order valence-electron chi connectivity index (χ0n) is 22.3. The number of aryl methyl sites for hydroxylation is 3. The number of rotatable bonds is 5. The summed E-state index contributed by atoms with van der Waals surface area (Å²) in [5, 5.41) is 16.2. The average Bonchev–Trinajstić information content (AvgIpc) is 3.56. The standard InChI is InChI=1S/C33H27N3O3S/c1-19-13-27-32(31(26(19)17-30(37)38)23-9-11-29-22(16-23)7-4-12-39-29)40-33(35-27)24-6-3-5-20(14-24)21-8-10-28-25(15-21)18-34-36(28)2/h3,5-6,8-11,13-16,18H,4,7,12,17H2,1-2H3,(H,37,38). The molecule has 3 heterocycles. The van der Waals surface area contributed by atoms with Crippen LogP contribution in [-0.2, 0) is 24.7 Å². The van der Waals surface area contributed by atoms with Gasteiger partial charge in [0.2, 0.25) is 0 Å². The van der Waals surface area contributed by atoms with Gasteiger partial charge in [-0.2, -0.15) is 5.10 Å². The molecule has 0 spiro atoms. The van der Waals surface area contributed by atoms with Crippen molar-refractivity contribution < 1.29 is 14.6 Å². The molecule has 0 fully saturated rings. The Hall–Kier alpha value is -4.49. The molecule has 0 atom stereocenters. The number of carbonyl (C=O) groups is 1. The van der Waals surface area contributed by atoms with Gasteiger partial charge in [-0.1, -0.05) is 30.3 Å². The lowest BCUT2D eigenvalue weighted by molar-refractivity contribution is -0.136. The van der Waals surface area contributed by atoms with E-state index in [2.05, 4.69) is 59.7 Å². The highest BCUT2D eigenvalue weighted by molar-refractivity contribution is 7.22. The molecule has 6 aromatic rings. The van der Waals surface area contributed by atoms with E-state index in [0.29, 0.717) is 0 Å². The summed E-state index contributed by atoms with van der Waals surface area (Å²) in [5.74, 6) is 0.0815. The highest BCUT2D eigenvalue weighted by Gasteiger charge is 2.21. The topological polar surface area (TPSA) is 77.2 Å². The fraction of sp³-hybridized carbons (Fsp3) is 0.182. The fourth-order valence-corrected chi connectivity index (χ4v) is 6.87. The second-order valence-electron chi connectivity index (χ2n) is 10.4. The first kappa shape index (κ1) is 24.5. The van der Waals surface area contributed by atoms with Crippen molar-refractivity contribution in [2.75, 3.05) is 6.61 Å². The number of carboxylic acid groups (broad SMARTS) is 1. The molecule has 0 bridgehead atoms. The highest BCUT2D eigenvalue weighted by atomic mass is 32.1. The summed E-state index contributed by atoms with van der Waals surface area (Å²) in [6.07, 6.45) is 3.79. The molecular weight excluding hydrogens is 518 g/mol. The summed E-state index contributed by atoms with van der Waals surface area (Å²) in [5.41, 5.74) is 10.2. The third kappa shape index (κ3) is 4.23. The van der Waals surface area contributed by atoms with Gasteiger partial charge in [0.15, 0.2) is 0 Å². The monoisotopic (exact) mass is 545 g/mol. The van der Waals surface area contributed by atoms with E-state index in [0.717, 1.165) is 90.3 Å². The van der Waals surface area contributed by atoms with E-state index in [-0.39, 0.29) is 6.42 Å². The van der Waals surface area contributed by atoms with Crippen LogP contribution in [0.5, 0.6) is 5.75 Å². The predicted octanol–water partition coefficient (Wildman–Crippen LogP) is 7.44. The molecule has 1 aliphatic heterocycles. The van der Waals surface area contributed by atoms with E-state index in [4.69, 9.17) is 9.72 Å². The summed E-state index contributed by atoms with van der Waals surface area (Å²) in [6.45, 7) is 2.72. The van der Waals surface area contributed by atoms with Crippen LogP contribution in [0.2, 0.25) is 0 Å². The van der Waals surface area contributed by atoms with Crippen LogP contribution in [0.1, 0.15) is 23.1 Å². The Kier molecular flexibility index (Phi) is 5.90. The first-order valence-electron chi connectivity index (χ1n) is 13.4. The van der Waals surface area contributed by atoms with Gasteiger partial charge in [0.05, 0.1) is 35.0 Å². The first-order chi connectivity index (χ1) is 19.4. The molecule has 1 aliphatic rings. The van der Waals surface area contributed by atoms with Crippen LogP contribution < -0.4 is 4.74 Å². The molecule has 7 rings (SSSR count). The molecule has 0 saturated carbocycles. The lowest BCUT2D eigenvalue weighted by Gasteiger charge is -2.19. The Balaban J connectivity index is 1.37. The molecule has 0 unspecified atom stereocenters. The van der Waals surface area contributed by atoms with Crippen molar-refractivity contribution in [3.05, 3.63) is 89.6 Å². The van der Waals surface area contributed by atoms with Crippen molar-refractivity contribution in [2.45, 2.75) is 26.2 Å². The third-order valence-electron chi connectivity index (χ3n) is 7.73. The Labute approximate surface area is 235 Å². The number of carboxylic acids is 1. The van der Waals surface area contributed by atoms with Crippen LogP contribution in [0.4, 0.5) is 0 Å². The van der Waals surface area contributed by atoms with Crippen LogP contribution in [0.3, 0.4) is 0 Å². The lowest BCUT2D eigenvalue weighted by Crippen LogP contribution is -2.08. The van der Waals surface area contributed by atoms with Crippen molar-refractivity contribution in [2.24, 2.45) is 7.05 Å². The van der Waals surface area contributed by atoms with Crippen molar-refractivity contribution in [3.63, 3.8) is 0 Å². The number of hydrogen-bond donors (Lipinski definition) is 1. The van der Waals surface area contributed by atoms with Gasteiger partial charge in [-0.05, 0) is 89.5 Å². The number of nitrogens with zero attached hydrogens (tertiary/aromatic N) is 3. The number of aromatic nitrogens is 3. The Morgan fingerprint density at radius 2 is 1.85 bits per heavy atom. The molecule has 0 aliphatic carbocycles. The summed E-state index contributed by atoms with van der Waals surface area (Å²) in [6, 6.07) is 23.1. The summed E-state index contributed by atoms with van der Waals surface area (Å²) >= 11 is 1.62. The minimum Gasteiger partial charge on any atom is -0.493 e. The number of fused-ring (bicyclic) bond motifs is 3. The summed E-state index contributed by atoms with van der Waals surface area (Å²) < 4.78 is 8.74. The van der Waals surface area contributed by atoms with Crippen LogP contribution in [0, 0.1) is 6.92 Å². The van der Waals surface area contributed by atoms with Crippen LogP contribution in [0.15, 0.2) is 72.9 Å². The third-order valence-corrected chi connectivity index (χ3v) is 8.86. The number of ether oxygens (including phenoxy) is 1. The summed E-state index contributed by atoms with van der Waals surface area (Å²) in [4.78, 5) is 17.0. The van der Waals surface area contributed by atoms with E-state index in [1.54, 1.807) is 11.3 Å². The van der Waals surface area contributed by atoms with E-state index < -0.39 is 5.97 Å². The number of aliphatic carboxylic acids is 1. The molecule has 6 nitrogen and oxygen atoms in total. The van der Waals surface area contributed by atoms with E-state index >= 15 is 0 Å². The van der Waals surface area contributed by atoms with Crippen LogP contribution in [-0.4, -0.2) is 32.4 Å². The molecule has 4 aromatic carbocycles. The number of hydrogen-bond acceptors (Lipinski definition) is 5. The molecule has 0 saturated heterocycles. The molecular formula is C33H27N3O3S. The SMILES string of the molecule is Cc1cc2nc(-c3cccc(-c4ccc5c(cnn5C)c4)c3)sc2c(-c2ccc3c(c2)CCCO3)c1CC(=O)O. The maximum absolute atomic E-state index is 11.9. The van der Waals surface area contributed by atoms with Crippen LogP contribution in [0.25, 0.3) is 53.9 Å². The van der Waals surface area contributed by atoms with Gasteiger partial charge in [-0.15, -0.1) is 11.3 Å². The minimum absolute atomic E-state index is 0.0375. The Bertz CT molecular complexity index is 1950. The smallest absolute Gasteiger partial charge is 0.307 e. The van der Waals surface area contributed by atoms with Gasteiger partial charge in [-0.3, -0.25) is 9.48 Å². The lowest BCUT2D eigenvalue weighted by atomic mass is 9.91. The zero-order valence-corrected chi connectivity index (χ0v) is 23.1. The zero-order chi connectivity index (χ0) is 27.4. The van der Waals surface area contributed by atoms with Gasteiger partial charge >= 0.3 is 5.97 Å². The molecule has 0 radical (unpaired) electrons. The van der Waals surface area contributed by atoms with Gasteiger partial charge in [0.1, 0.15) is 10.8 Å². The van der Waals surface area contributed by atoms with Crippen molar-refractivity contribution >= 4 is 38.4 Å². The van der Waals surface area contributed by atoms with Gasteiger partial charge in [0.25, 0.3) is 0 Å². The van der Waals surface area contributed by atoms with E-state index in [9.17, 15) is 9.90 Å². The first-order valence-corrected chi connectivity index (χ1v) is 14.2. The normalized spacial score (nSPS) is 12.9. The second kappa shape index (κ2) is 9.61. The number of benzene rings is 4.